The Morgan fingerprint density at radius 2 is 2.00 bits per heavy atom. The molecule has 0 bridgehead atoms. The Labute approximate surface area is 112 Å². The van der Waals surface area contributed by atoms with Crippen LogP contribution in [0.15, 0.2) is 36.4 Å². The lowest BCUT2D eigenvalue weighted by Crippen LogP contribution is -2.15. The van der Waals surface area contributed by atoms with E-state index in [0.29, 0.717) is 12.8 Å². The molecule has 0 fully saturated rings. The predicted octanol–water partition coefficient (Wildman–Crippen LogP) is 1.90. The fraction of sp³-hybridized carbons (Fsp3) is 0.357. The smallest absolute Gasteiger partial charge is 0.267 e. The lowest BCUT2D eigenvalue weighted by atomic mass is 9.93. The molecule has 5 nitrogen and oxygen atoms in total. The van der Waals surface area contributed by atoms with Crippen molar-refractivity contribution in [3.05, 3.63) is 42.0 Å². The van der Waals surface area contributed by atoms with Gasteiger partial charge < -0.3 is 10.2 Å². The highest BCUT2D eigenvalue weighted by Gasteiger charge is 2.15. The van der Waals surface area contributed by atoms with Crippen molar-refractivity contribution < 1.29 is 20.2 Å². The Bertz CT molecular complexity index is 428. The Morgan fingerprint density at radius 3 is 2.58 bits per heavy atom. The number of allylic oxidation sites excluding steroid dienone is 1. The van der Waals surface area contributed by atoms with Crippen LogP contribution >= 0.6 is 0 Å². The fourth-order valence-corrected chi connectivity index (χ4v) is 1.74. The van der Waals surface area contributed by atoms with E-state index in [0.717, 1.165) is 5.56 Å². The van der Waals surface area contributed by atoms with Gasteiger partial charge in [-0.05, 0) is 36.5 Å². The molecule has 104 valence electrons. The first-order chi connectivity index (χ1) is 9.04. The number of nitrogens with one attached hydrogen (secondary N) is 1. The molecule has 1 rings (SSSR count). The van der Waals surface area contributed by atoms with Crippen molar-refractivity contribution in [2.24, 2.45) is 5.92 Å². The summed E-state index contributed by atoms with van der Waals surface area (Å²) in [5.41, 5.74) is 2.26. The highest BCUT2D eigenvalue weighted by molar-refractivity contribution is 5.86. The monoisotopic (exact) mass is 265 g/mol. The fourth-order valence-electron chi connectivity index (χ4n) is 1.74. The predicted molar refractivity (Wildman–Crippen MR) is 70.5 cm³/mol. The normalized spacial score (nSPS) is 14.3. The highest BCUT2D eigenvalue weighted by atomic mass is 16.5. The van der Waals surface area contributed by atoms with Gasteiger partial charge in [-0.25, -0.2) is 5.48 Å². The molecule has 0 saturated heterocycles. The summed E-state index contributed by atoms with van der Waals surface area (Å²) in [7, 11) is 0. The summed E-state index contributed by atoms with van der Waals surface area (Å²) in [6.07, 6.45) is 3.62. The molecule has 0 heterocycles. The van der Waals surface area contributed by atoms with Crippen LogP contribution in [0.3, 0.4) is 0 Å². The van der Waals surface area contributed by atoms with Gasteiger partial charge in [0.05, 0.1) is 6.10 Å². The molecule has 0 aliphatic heterocycles. The second kappa shape index (κ2) is 7.56. The second-order valence-electron chi connectivity index (χ2n) is 4.47. The summed E-state index contributed by atoms with van der Waals surface area (Å²) in [6.45, 7) is 1.91. The minimum absolute atomic E-state index is 0.0198. The number of hydroxylamine groups is 1. The number of carbonyl (C=O) groups is 1. The van der Waals surface area contributed by atoms with E-state index in [-0.39, 0.29) is 11.7 Å². The van der Waals surface area contributed by atoms with Gasteiger partial charge in [-0.2, -0.15) is 0 Å². The maximum absolute atomic E-state index is 10.7. The largest absolute Gasteiger partial charge is 0.508 e. The van der Waals surface area contributed by atoms with Gasteiger partial charge in [0.1, 0.15) is 5.75 Å². The van der Waals surface area contributed by atoms with E-state index in [1.54, 1.807) is 18.2 Å². The number of hydrogen-bond acceptors (Lipinski definition) is 4. The molecule has 0 unspecified atom stereocenters. The molecule has 0 radical (unpaired) electrons. The molecule has 5 heteroatoms. The molecule has 1 amide bonds. The summed E-state index contributed by atoms with van der Waals surface area (Å²) in [5, 5.41) is 27.6. The Balaban J connectivity index is 2.44. The van der Waals surface area contributed by atoms with Gasteiger partial charge in [0.2, 0.25) is 0 Å². The van der Waals surface area contributed by atoms with Gasteiger partial charge in [-0.3, -0.25) is 10.0 Å². The van der Waals surface area contributed by atoms with Crippen LogP contribution in [0.4, 0.5) is 0 Å². The summed E-state index contributed by atoms with van der Waals surface area (Å²) >= 11 is 0. The van der Waals surface area contributed by atoms with E-state index in [2.05, 4.69) is 0 Å². The molecule has 0 aliphatic carbocycles. The maximum atomic E-state index is 10.7. The van der Waals surface area contributed by atoms with E-state index in [1.807, 2.05) is 6.92 Å². The lowest BCUT2D eigenvalue weighted by Gasteiger charge is -2.18. The number of rotatable bonds is 6. The van der Waals surface area contributed by atoms with Crippen LogP contribution in [0.25, 0.3) is 0 Å². The number of amides is 1. The van der Waals surface area contributed by atoms with Gasteiger partial charge >= 0.3 is 0 Å². The first kappa shape index (κ1) is 15.2. The van der Waals surface area contributed by atoms with E-state index in [1.165, 1.54) is 23.7 Å². The third kappa shape index (κ3) is 5.11. The molecule has 1 aromatic rings. The molecule has 0 spiro atoms. The van der Waals surface area contributed by atoms with Crippen molar-refractivity contribution in [3.63, 3.8) is 0 Å². The van der Waals surface area contributed by atoms with Gasteiger partial charge in [0.15, 0.2) is 0 Å². The van der Waals surface area contributed by atoms with Crippen LogP contribution in [0.2, 0.25) is 0 Å². The lowest BCUT2D eigenvalue weighted by molar-refractivity contribution is -0.124. The molecule has 0 aliphatic rings. The zero-order chi connectivity index (χ0) is 14.3. The molecule has 0 aromatic heterocycles. The molecule has 2 atom stereocenters. The average molecular weight is 265 g/mol. The second-order valence-corrected chi connectivity index (χ2v) is 4.47. The zero-order valence-electron chi connectivity index (χ0n) is 10.8. The van der Waals surface area contributed by atoms with Crippen LogP contribution in [-0.2, 0) is 4.79 Å². The highest BCUT2D eigenvalue weighted by Crippen LogP contribution is 2.26. The number of aromatic hydroxyl groups is 1. The molecular weight excluding hydrogens is 246 g/mol. The molecule has 0 saturated carbocycles. The van der Waals surface area contributed by atoms with Crippen molar-refractivity contribution >= 4 is 5.91 Å². The van der Waals surface area contributed by atoms with Crippen molar-refractivity contribution in [2.45, 2.75) is 25.9 Å². The van der Waals surface area contributed by atoms with Crippen molar-refractivity contribution in [1.82, 2.24) is 5.48 Å². The molecule has 19 heavy (non-hydrogen) atoms. The summed E-state index contributed by atoms with van der Waals surface area (Å²) in [5.74, 6) is -0.375. The number of benzene rings is 1. The van der Waals surface area contributed by atoms with Crippen LogP contribution in [0, 0.1) is 5.92 Å². The zero-order valence-corrected chi connectivity index (χ0v) is 10.8. The van der Waals surface area contributed by atoms with Gasteiger partial charge in [-0.15, -0.1) is 0 Å². The molecule has 1 aromatic carbocycles. The summed E-state index contributed by atoms with van der Waals surface area (Å²) in [6, 6.07) is 6.45. The quantitative estimate of drug-likeness (QED) is 0.359. The van der Waals surface area contributed by atoms with Crippen LogP contribution in [0.1, 0.15) is 31.4 Å². The van der Waals surface area contributed by atoms with Crippen LogP contribution < -0.4 is 5.48 Å². The van der Waals surface area contributed by atoms with Crippen molar-refractivity contribution in [3.8, 4) is 5.75 Å². The summed E-state index contributed by atoms with van der Waals surface area (Å²) in [4.78, 5) is 10.7. The average Bonchev–Trinajstić information content (AvgIpc) is 2.43. The summed E-state index contributed by atoms with van der Waals surface area (Å²) < 4.78 is 0. The number of aliphatic hydroxyl groups is 1. The maximum Gasteiger partial charge on any atom is 0.267 e. The minimum Gasteiger partial charge on any atom is -0.508 e. The topological polar surface area (TPSA) is 89.8 Å². The van der Waals surface area contributed by atoms with E-state index < -0.39 is 12.0 Å². The number of phenolic OH excluding ortho intramolecular Hbond substituents is 1. The number of phenols is 1. The third-order valence-electron chi connectivity index (χ3n) is 2.94. The standard InChI is InChI=1S/C14H19NO4/c1-10(4-2-3-5-13(17)15-19)14(18)11-6-8-12(16)9-7-11/h3,5-10,14,16,18-19H,2,4H2,1H3,(H,15,17)/b5-3+/t10-,14-/m0/s1. The molecular formula is C14H19NO4. The van der Waals surface area contributed by atoms with Gasteiger partial charge in [0.25, 0.3) is 5.91 Å². The number of hydrogen-bond donors (Lipinski definition) is 4. The van der Waals surface area contributed by atoms with Gasteiger partial charge in [-0.1, -0.05) is 25.1 Å². The van der Waals surface area contributed by atoms with Crippen LogP contribution in [0.5, 0.6) is 5.75 Å². The first-order valence-electron chi connectivity index (χ1n) is 6.12. The SMILES string of the molecule is C[C@@H](CC/C=C/C(=O)NO)[C@H](O)c1ccc(O)cc1. The number of aliphatic hydroxyl groups excluding tert-OH is 1. The Morgan fingerprint density at radius 1 is 1.37 bits per heavy atom. The van der Waals surface area contributed by atoms with E-state index in [9.17, 15) is 15.0 Å². The number of carbonyl (C=O) groups excluding carboxylic acids is 1. The Kier molecular flexibility index (Phi) is 6.05. The first-order valence-corrected chi connectivity index (χ1v) is 6.12. The van der Waals surface area contributed by atoms with Crippen LogP contribution in [-0.4, -0.2) is 21.3 Å². The van der Waals surface area contributed by atoms with Gasteiger partial charge in [0, 0.05) is 6.08 Å². The Hall–Kier alpha value is -1.85. The molecule has 4 N–H and O–H groups in total. The van der Waals surface area contributed by atoms with E-state index in [4.69, 9.17) is 5.21 Å². The van der Waals surface area contributed by atoms with Crippen molar-refractivity contribution in [2.75, 3.05) is 0 Å². The minimum atomic E-state index is -0.610. The van der Waals surface area contributed by atoms with Crippen molar-refractivity contribution in [1.29, 1.82) is 0 Å². The third-order valence-corrected chi connectivity index (χ3v) is 2.94. The van der Waals surface area contributed by atoms with E-state index >= 15 is 0 Å².